The van der Waals surface area contributed by atoms with Crippen molar-refractivity contribution >= 4 is 43.7 Å². The molecule has 0 saturated heterocycles. The van der Waals surface area contributed by atoms with Crippen LogP contribution in [-0.2, 0) is 14.6 Å². The first-order valence-electron chi connectivity index (χ1n) is 7.92. The normalized spacial score (nSPS) is 14.1. The highest BCUT2D eigenvalue weighted by Gasteiger charge is 2.36. The fourth-order valence-corrected chi connectivity index (χ4v) is 4.96. The number of aryl methyl sites for hydroxylation is 1. The van der Waals surface area contributed by atoms with Crippen molar-refractivity contribution in [2.75, 3.05) is 5.32 Å². The van der Waals surface area contributed by atoms with Crippen molar-refractivity contribution in [3.63, 3.8) is 0 Å². The molecule has 3 rings (SSSR count). The van der Waals surface area contributed by atoms with Gasteiger partial charge in [0.25, 0.3) is 5.91 Å². The van der Waals surface area contributed by atoms with Crippen LogP contribution in [0.3, 0.4) is 0 Å². The van der Waals surface area contributed by atoms with Crippen LogP contribution in [0.5, 0.6) is 0 Å². The molecule has 1 aromatic heterocycles. The van der Waals surface area contributed by atoms with Crippen molar-refractivity contribution in [1.29, 1.82) is 5.41 Å². The predicted molar refractivity (Wildman–Crippen MR) is 99.0 cm³/mol. The summed E-state index contributed by atoms with van der Waals surface area (Å²) in [7, 11) is -3.30. The Bertz CT molecular complexity index is 1000. The van der Waals surface area contributed by atoms with Crippen molar-refractivity contribution < 1.29 is 18.0 Å². The average Bonchev–Trinajstić information content (AvgIpc) is 3.39. The Kier molecular flexibility index (Phi) is 4.76. The molecule has 0 aliphatic heterocycles. The molecule has 9 heteroatoms. The number of nitrogens with one attached hydrogen (secondary N) is 2. The number of rotatable bonds is 6. The molecule has 1 heterocycles. The molecule has 0 atom stereocenters. The molecular weight excluding hydrogens is 374 g/mol. The Balaban J connectivity index is 1.73. The Morgan fingerprint density at radius 3 is 2.35 bits per heavy atom. The van der Waals surface area contributed by atoms with Gasteiger partial charge >= 0.3 is 0 Å². The van der Waals surface area contributed by atoms with Crippen LogP contribution >= 0.6 is 11.3 Å². The number of nitrogens with zero attached hydrogens (tertiary/aromatic N) is 1. The van der Waals surface area contributed by atoms with Crippen LogP contribution in [-0.4, -0.2) is 36.1 Å². The number of thiazole rings is 1. The standard InChI is InChI=1S/C17H17N3O4S2/c1-9-15(10(2)21)25-17(19-9)20-16(22)14(18)11-3-5-12(6-4-11)26(23,24)13-7-8-13/h3-6,13,18H,7-8H2,1-2H3,(H,19,20,22). The number of carbonyl (C=O) groups excluding carboxylic acids is 2. The Morgan fingerprint density at radius 2 is 1.85 bits per heavy atom. The third-order valence-corrected chi connectivity index (χ3v) is 7.45. The summed E-state index contributed by atoms with van der Waals surface area (Å²) in [5.41, 5.74) is 0.522. The van der Waals surface area contributed by atoms with Gasteiger partial charge in [0.15, 0.2) is 20.8 Å². The second kappa shape index (κ2) is 6.73. The van der Waals surface area contributed by atoms with Gasteiger partial charge < -0.3 is 0 Å². The molecule has 7 nitrogen and oxygen atoms in total. The molecule has 0 unspecified atom stereocenters. The van der Waals surface area contributed by atoms with Gasteiger partial charge in [-0.3, -0.25) is 20.3 Å². The molecule has 1 amide bonds. The molecule has 0 radical (unpaired) electrons. The summed E-state index contributed by atoms with van der Waals surface area (Å²) in [6.45, 7) is 3.10. The number of ketones is 1. The highest BCUT2D eigenvalue weighted by atomic mass is 32.2. The molecule has 2 N–H and O–H groups in total. The lowest BCUT2D eigenvalue weighted by molar-refractivity contribution is -0.110. The van der Waals surface area contributed by atoms with Gasteiger partial charge in [-0.05, 0) is 31.9 Å². The SMILES string of the molecule is CC(=O)c1sc(NC(=O)C(=N)c2ccc(S(=O)(=O)C3CC3)cc2)nc1C. The van der Waals surface area contributed by atoms with E-state index in [1.54, 1.807) is 6.92 Å². The minimum Gasteiger partial charge on any atom is -0.296 e. The molecule has 2 aromatic rings. The zero-order valence-corrected chi connectivity index (χ0v) is 15.8. The molecule has 0 bridgehead atoms. The van der Waals surface area contributed by atoms with Crippen LogP contribution in [0, 0.1) is 12.3 Å². The van der Waals surface area contributed by atoms with Crippen molar-refractivity contribution in [2.24, 2.45) is 0 Å². The molecule has 1 saturated carbocycles. The first-order chi connectivity index (χ1) is 12.2. The van der Waals surface area contributed by atoms with E-state index in [-0.39, 0.29) is 26.8 Å². The Morgan fingerprint density at radius 1 is 1.23 bits per heavy atom. The fourth-order valence-electron chi connectivity index (χ4n) is 2.45. The van der Waals surface area contributed by atoms with Gasteiger partial charge in [-0.25, -0.2) is 13.4 Å². The van der Waals surface area contributed by atoms with E-state index in [4.69, 9.17) is 5.41 Å². The molecular formula is C17H17N3O4S2. The average molecular weight is 391 g/mol. The number of amides is 1. The second-order valence-electron chi connectivity index (χ2n) is 6.09. The highest BCUT2D eigenvalue weighted by molar-refractivity contribution is 7.92. The van der Waals surface area contributed by atoms with Gasteiger partial charge in [0.1, 0.15) is 5.71 Å². The van der Waals surface area contributed by atoms with Crippen LogP contribution < -0.4 is 5.32 Å². The number of Topliss-reactive ketones (excluding diaryl/α,β-unsaturated/α-hetero) is 1. The number of aromatic nitrogens is 1. The molecule has 0 spiro atoms. The van der Waals surface area contributed by atoms with E-state index in [0.717, 1.165) is 11.3 Å². The molecule has 136 valence electrons. The second-order valence-corrected chi connectivity index (χ2v) is 9.31. The summed E-state index contributed by atoms with van der Waals surface area (Å²) in [4.78, 5) is 28.5. The molecule has 1 aliphatic carbocycles. The number of anilines is 1. The quantitative estimate of drug-likeness (QED) is 0.580. The minimum atomic E-state index is -3.30. The van der Waals surface area contributed by atoms with E-state index in [1.807, 2.05) is 0 Å². The van der Waals surface area contributed by atoms with Crippen LogP contribution in [0.2, 0.25) is 0 Å². The summed E-state index contributed by atoms with van der Waals surface area (Å²) in [6, 6.07) is 5.74. The summed E-state index contributed by atoms with van der Waals surface area (Å²) < 4.78 is 24.3. The van der Waals surface area contributed by atoms with E-state index in [9.17, 15) is 18.0 Å². The maximum atomic E-state index is 12.2. The largest absolute Gasteiger partial charge is 0.296 e. The lowest BCUT2D eigenvalue weighted by Gasteiger charge is -2.06. The van der Waals surface area contributed by atoms with E-state index in [0.29, 0.717) is 29.0 Å². The summed E-state index contributed by atoms with van der Waals surface area (Å²) in [6.07, 6.45) is 1.36. The first kappa shape index (κ1) is 18.4. The minimum absolute atomic E-state index is 0.136. The Hall–Kier alpha value is -2.39. The van der Waals surface area contributed by atoms with Crippen molar-refractivity contribution in [1.82, 2.24) is 4.98 Å². The lowest BCUT2D eigenvalue weighted by Crippen LogP contribution is -2.23. The van der Waals surface area contributed by atoms with E-state index in [2.05, 4.69) is 10.3 Å². The number of hydrogen-bond acceptors (Lipinski definition) is 7. The highest BCUT2D eigenvalue weighted by Crippen LogP contribution is 2.33. The van der Waals surface area contributed by atoms with Gasteiger partial charge in [-0.2, -0.15) is 0 Å². The number of carbonyl (C=O) groups is 2. The van der Waals surface area contributed by atoms with Crippen LogP contribution in [0.25, 0.3) is 0 Å². The molecule has 26 heavy (non-hydrogen) atoms. The fraction of sp³-hybridized carbons (Fsp3) is 0.294. The predicted octanol–water partition coefficient (Wildman–Crippen LogP) is 2.60. The van der Waals surface area contributed by atoms with Gasteiger partial charge in [-0.15, -0.1) is 0 Å². The molecule has 1 aliphatic rings. The van der Waals surface area contributed by atoms with E-state index >= 15 is 0 Å². The monoisotopic (exact) mass is 391 g/mol. The maximum Gasteiger partial charge on any atom is 0.275 e. The third kappa shape index (κ3) is 3.58. The van der Waals surface area contributed by atoms with E-state index < -0.39 is 15.7 Å². The van der Waals surface area contributed by atoms with Gasteiger partial charge in [0.05, 0.1) is 20.7 Å². The molecule has 1 fully saturated rings. The smallest absolute Gasteiger partial charge is 0.275 e. The van der Waals surface area contributed by atoms with Crippen LogP contribution in [0.15, 0.2) is 29.2 Å². The van der Waals surface area contributed by atoms with E-state index in [1.165, 1.54) is 31.2 Å². The summed E-state index contributed by atoms with van der Waals surface area (Å²) >= 11 is 1.06. The zero-order valence-electron chi connectivity index (χ0n) is 14.2. The van der Waals surface area contributed by atoms with Gasteiger partial charge in [0, 0.05) is 12.5 Å². The topological polar surface area (TPSA) is 117 Å². The first-order valence-corrected chi connectivity index (χ1v) is 10.3. The maximum absolute atomic E-state index is 12.2. The van der Waals surface area contributed by atoms with Gasteiger partial charge in [0.2, 0.25) is 0 Å². The number of sulfone groups is 1. The van der Waals surface area contributed by atoms with Crippen LogP contribution in [0.1, 0.15) is 40.7 Å². The lowest BCUT2D eigenvalue weighted by atomic mass is 10.1. The zero-order chi connectivity index (χ0) is 19.1. The van der Waals surface area contributed by atoms with Crippen LogP contribution in [0.4, 0.5) is 5.13 Å². The summed E-state index contributed by atoms with van der Waals surface area (Å²) in [5.74, 6) is -0.810. The molecule has 1 aromatic carbocycles. The van der Waals surface area contributed by atoms with Gasteiger partial charge in [-0.1, -0.05) is 23.5 Å². The third-order valence-electron chi connectivity index (χ3n) is 4.00. The summed E-state index contributed by atoms with van der Waals surface area (Å²) in [5, 5.41) is 10.4. The number of hydrogen-bond donors (Lipinski definition) is 2. The van der Waals surface area contributed by atoms with Crippen molar-refractivity contribution in [3.05, 3.63) is 40.4 Å². The Labute approximate surface area is 154 Å². The van der Waals surface area contributed by atoms with Crippen molar-refractivity contribution in [2.45, 2.75) is 36.8 Å². The number of benzene rings is 1. The van der Waals surface area contributed by atoms with Crippen molar-refractivity contribution in [3.8, 4) is 0 Å².